The van der Waals surface area contributed by atoms with E-state index in [4.69, 9.17) is 27.9 Å². The molecule has 1 amide bonds. The van der Waals surface area contributed by atoms with Crippen LogP contribution < -0.4 is 5.32 Å². The van der Waals surface area contributed by atoms with Crippen molar-refractivity contribution < 1.29 is 19.2 Å². The minimum atomic E-state index is -0.833. The monoisotopic (exact) mass is 368 g/mol. The van der Waals surface area contributed by atoms with Gasteiger partial charge in [0.05, 0.1) is 15.5 Å². The third-order valence-electron chi connectivity index (χ3n) is 2.86. The van der Waals surface area contributed by atoms with Crippen LogP contribution in [-0.4, -0.2) is 23.4 Å². The van der Waals surface area contributed by atoms with Crippen LogP contribution in [0.25, 0.3) is 0 Å². The van der Waals surface area contributed by atoms with Gasteiger partial charge < -0.3 is 10.1 Å². The van der Waals surface area contributed by atoms with Crippen LogP contribution in [0.1, 0.15) is 10.4 Å². The van der Waals surface area contributed by atoms with E-state index in [0.29, 0.717) is 0 Å². The molecule has 0 heterocycles. The fraction of sp³-hybridized carbons (Fsp3) is 0.0667. The molecule has 0 saturated heterocycles. The van der Waals surface area contributed by atoms with Crippen LogP contribution >= 0.6 is 23.2 Å². The van der Waals surface area contributed by atoms with Crippen LogP contribution in [0.15, 0.2) is 42.5 Å². The van der Waals surface area contributed by atoms with Crippen LogP contribution in [0.2, 0.25) is 10.0 Å². The summed E-state index contributed by atoms with van der Waals surface area (Å²) in [6, 6.07) is 9.84. The Bertz CT molecular complexity index is 810. The molecule has 2 aromatic rings. The van der Waals surface area contributed by atoms with Crippen LogP contribution in [0, 0.1) is 10.1 Å². The summed E-state index contributed by atoms with van der Waals surface area (Å²) in [7, 11) is 0. The summed E-state index contributed by atoms with van der Waals surface area (Å²) in [5.74, 6) is -1.56. The molecule has 24 heavy (non-hydrogen) atoms. The average molecular weight is 369 g/mol. The number of halogens is 2. The summed E-state index contributed by atoms with van der Waals surface area (Å²) in [6.07, 6.45) is 0. The molecule has 124 valence electrons. The molecule has 2 rings (SSSR count). The van der Waals surface area contributed by atoms with E-state index in [1.54, 1.807) is 0 Å². The molecule has 0 aliphatic carbocycles. The molecule has 2 aromatic carbocycles. The second-order valence-corrected chi connectivity index (χ2v) is 5.37. The summed E-state index contributed by atoms with van der Waals surface area (Å²) >= 11 is 11.6. The Morgan fingerprint density at radius 1 is 1.17 bits per heavy atom. The van der Waals surface area contributed by atoms with E-state index in [1.807, 2.05) is 0 Å². The molecule has 0 unspecified atom stereocenters. The Morgan fingerprint density at radius 3 is 2.58 bits per heavy atom. The van der Waals surface area contributed by atoms with Gasteiger partial charge in [-0.25, -0.2) is 4.79 Å². The molecule has 0 aromatic heterocycles. The number of nitro benzene ring substituents is 1. The van der Waals surface area contributed by atoms with Gasteiger partial charge in [-0.3, -0.25) is 14.9 Å². The van der Waals surface area contributed by atoms with Crippen molar-refractivity contribution >= 4 is 46.5 Å². The number of hydrogen-bond donors (Lipinski definition) is 1. The second kappa shape index (κ2) is 7.76. The summed E-state index contributed by atoms with van der Waals surface area (Å²) in [6.45, 7) is -0.631. The maximum Gasteiger partial charge on any atom is 0.340 e. The maximum atomic E-state index is 11.9. The molecule has 0 radical (unpaired) electrons. The predicted octanol–water partition coefficient (Wildman–Crippen LogP) is 3.70. The topological polar surface area (TPSA) is 98.5 Å². The molecule has 9 heteroatoms. The van der Waals surface area contributed by atoms with Gasteiger partial charge in [-0.1, -0.05) is 35.3 Å². The Labute approximate surface area is 146 Å². The van der Waals surface area contributed by atoms with Gasteiger partial charge >= 0.3 is 5.97 Å². The number of nitrogens with one attached hydrogen (secondary N) is 1. The van der Waals surface area contributed by atoms with E-state index in [9.17, 15) is 19.7 Å². The number of amides is 1. The highest BCUT2D eigenvalue weighted by Crippen LogP contribution is 2.23. The van der Waals surface area contributed by atoms with Gasteiger partial charge in [0.2, 0.25) is 0 Å². The van der Waals surface area contributed by atoms with Crippen LogP contribution in [0.5, 0.6) is 0 Å². The minimum Gasteiger partial charge on any atom is -0.452 e. The number of rotatable bonds is 5. The zero-order chi connectivity index (χ0) is 17.7. The van der Waals surface area contributed by atoms with E-state index in [0.717, 1.165) is 0 Å². The Balaban J connectivity index is 2.00. The van der Waals surface area contributed by atoms with Gasteiger partial charge in [0.15, 0.2) is 6.61 Å². The molecule has 0 aliphatic heterocycles. The van der Waals surface area contributed by atoms with Crippen molar-refractivity contribution in [3.63, 3.8) is 0 Å². The first-order valence-corrected chi connectivity index (χ1v) is 7.29. The van der Waals surface area contributed by atoms with E-state index in [2.05, 4.69) is 5.32 Å². The van der Waals surface area contributed by atoms with E-state index >= 15 is 0 Å². The van der Waals surface area contributed by atoms with E-state index in [1.165, 1.54) is 42.5 Å². The summed E-state index contributed by atoms with van der Waals surface area (Å²) in [5, 5.41) is 13.6. The number of anilines is 1. The van der Waals surface area contributed by atoms with Crippen molar-refractivity contribution in [3.8, 4) is 0 Å². The molecular weight excluding hydrogens is 359 g/mol. The van der Waals surface area contributed by atoms with Crippen molar-refractivity contribution in [1.29, 1.82) is 0 Å². The number of para-hydroxylation sites is 2. The number of nitrogens with zero attached hydrogens (tertiary/aromatic N) is 1. The molecule has 7 nitrogen and oxygen atoms in total. The van der Waals surface area contributed by atoms with Gasteiger partial charge in [0.1, 0.15) is 5.69 Å². The second-order valence-electron chi connectivity index (χ2n) is 4.52. The molecule has 0 atom stereocenters. The van der Waals surface area contributed by atoms with Gasteiger partial charge in [0.25, 0.3) is 11.6 Å². The van der Waals surface area contributed by atoms with Crippen molar-refractivity contribution in [2.75, 3.05) is 11.9 Å². The first kappa shape index (κ1) is 17.7. The molecule has 0 saturated carbocycles. The summed E-state index contributed by atoms with van der Waals surface area (Å²) in [5.41, 5.74) is -0.248. The molecular formula is C15H10Cl2N2O5. The fourth-order valence-corrected chi connectivity index (χ4v) is 2.15. The Kier molecular flexibility index (Phi) is 5.73. The maximum absolute atomic E-state index is 11.9. The molecule has 0 aliphatic rings. The number of esters is 1. The Morgan fingerprint density at radius 2 is 1.88 bits per heavy atom. The average Bonchev–Trinajstić information content (AvgIpc) is 2.55. The van der Waals surface area contributed by atoms with E-state index < -0.39 is 23.4 Å². The van der Waals surface area contributed by atoms with Crippen molar-refractivity contribution in [1.82, 2.24) is 0 Å². The lowest BCUT2D eigenvalue weighted by molar-refractivity contribution is -0.383. The van der Waals surface area contributed by atoms with Crippen LogP contribution in [0.4, 0.5) is 11.4 Å². The zero-order valence-electron chi connectivity index (χ0n) is 12.0. The quantitative estimate of drug-likeness (QED) is 0.492. The lowest BCUT2D eigenvalue weighted by atomic mass is 10.2. The summed E-state index contributed by atoms with van der Waals surface area (Å²) < 4.78 is 4.83. The molecule has 0 fully saturated rings. The number of ether oxygens (including phenoxy) is 1. The van der Waals surface area contributed by atoms with Crippen LogP contribution in [-0.2, 0) is 9.53 Å². The number of nitro groups is 1. The van der Waals surface area contributed by atoms with Gasteiger partial charge in [-0.2, -0.15) is 0 Å². The standard InChI is InChI=1S/C15H10Cl2N2O5/c16-9-5-6-11(17)10(7-9)15(21)24-8-14(20)18-12-3-1-2-4-13(12)19(22)23/h1-7H,8H2,(H,18,20). The van der Waals surface area contributed by atoms with Crippen molar-refractivity contribution in [2.24, 2.45) is 0 Å². The molecule has 1 N–H and O–H groups in total. The van der Waals surface area contributed by atoms with Crippen molar-refractivity contribution in [2.45, 2.75) is 0 Å². The Hall–Kier alpha value is -2.64. The number of carbonyl (C=O) groups is 2. The first-order valence-electron chi connectivity index (χ1n) is 6.54. The summed E-state index contributed by atoms with van der Waals surface area (Å²) in [4.78, 5) is 33.9. The largest absolute Gasteiger partial charge is 0.452 e. The molecule has 0 bridgehead atoms. The molecule has 0 spiro atoms. The highest BCUT2D eigenvalue weighted by atomic mass is 35.5. The van der Waals surface area contributed by atoms with Gasteiger partial charge in [0, 0.05) is 11.1 Å². The SMILES string of the molecule is O=C(COC(=O)c1cc(Cl)ccc1Cl)Nc1ccccc1[N+](=O)[O-]. The predicted molar refractivity (Wildman–Crippen MR) is 88.5 cm³/mol. The lowest BCUT2D eigenvalue weighted by Gasteiger charge is -2.08. The lowest BCUT2D eigenvalue weighted by Crippen LogP contribution is -2.21. The number of benzene rings is 2. The first-order chi connectivity index (χ1) is 11.4. The third-order valence-corrected chi connectivity index (χ3v) is 3.42. The normalized spacial score (nSPS) is 10.1. The highest BCUT2D eigenvalue weighted by molar-refractivity contribution is 6.35. The van der Waals surface area contributed by atoms with Crippen molar-refractivity contribution in [3.05, 3.63) is 68.2 Å². The smallest absolute Gasteiger partial charge is 0.340 e. The van der Waals surface area contributed by atoms with E-state index in [-0.39, 0.29) is 27.0 Å². The van der Waals surface area contributed by atoms with Crippen LogP contribution in [0.3, 0.4) is 0 Å². The van der Waals surface area contributed by atoms with Gasteiger partial charge in [-0.05, 0) is 24.3 Å². The third kappa shape index (κ3) is 4.43. The zero-order valence-corrected chi connectivity index (χ0v) is 13.5. The van der Waals surface area contributed by atoms with Gasteiger partial charge in [-0.15, -0.1) is 0 Å². The fourth-order valence-electron chi connectivity index (χ4n) is 1.79. The number of hydrogen-bond acceptors (Lipinski definition) is 5. The minimum absolute atomic E-state index is 0.00402. The number of carbonyl (C=O) groups excluding carboxylic acids is 2. The highest BCUT2D eigenvalue weighted by Gasteiger charge is 2.17.